The molecule has 0 aliphatic carbocycles. The first kappa shape index (κ1) is 20.3. The molecule has 2 aromatic heterocycles. The first-order valence-corrected chi connectivity index (χ1v) is 10.8. The van der Waals surface area contributed by atoms with Crippen molar-refractivity contribution in [1.29, 1.82) is 0 Å². The number of pyridine rings is 1. The van der Waals surface area contributed by atoms with Crippen LogP contribution in [0.1, 0.15) is 17.5 Å². The van der Waals surface area contributed by atoms with Crippen molar-refractivity contribution < 1.29 is 4.79 Å². The Labute approximate surface area is 183 Å². The van der Waals surface area contributed by atoms with Crippen LogP contribution >= 0.6 is 22.9 Å². The quantitative estimate of drug-likeness (QED) is 0.453. The lowest BCUT2D eigenvalue weighted by molar-refractivity contribution is -0.116. The van der Waals surface area contributed by atoms with E-state index in [-0.39, 0.29) is 17.9 Å². The van der Waals surface area contributed by atoms with Crippen molar-refractivity contribution in [2.45, 2.75) is 26.8 Å². The number of aryl methyl sites for hydroxylation is 3. The molecule has 0 saturated carbocycles. The lowest BCUT2D eigenvalue weighted by atomic mass is 10.1. The molecule has 0 saturated heterocycles. The third kappa shape index (κ3) is 4.15. The zero-order chi connectivity index (χ0) is 21.3. The van der Waals surface area contributed by atoms with Crippen LogP contribution in [0.2, 0.25) is 5.02 Å². The number of hydrogen-bond acceptors (Lipinski definition) is 4. The van der Waals surface area contributed by atoms with Crippen molar-refractivity contribution in [1.82, 2.24) is 9.55 Å². The maximum atomic E-state index is 12.6. The molecule has 4 aromatic rings. The highest BCUT2D eigenvalue weighted by Gasteiger charge is 2.12. The minimum absolute atomic E-state index is 0.0960. The zero-order valence-electron chi connectivity index (χ0n) is 16.6. The lowest BCUT2D eigenvalue weighted by Gasteiger charge is -2.14. The summed E-state index contributed by atoms with van der Waals surface area (Å²) >= 11 is 7.29. The van der Waals surface area contributed by atoms with Crippen LogP contribution in [0, 0.1) is 13.8 Å². The summed E-state index contributed by atoms with van der Waals surface area (Å²) in [7, 11) is 0. The highest BCUT2D eigenvalue weighted by molar-refractivity contribution is 7.14. The van der Waals surface area contributed by atoms with E-state index in [0.29, 0.717) is 16.7 Å². The van der Waals surface area contributed by atoms with Crippen molar-refractivity contribution in [2.75, 3.05) is 5.32 Å². The number of carbonyl (C=O) groups excluding carboxylic acids is 1. The summed E-state index contributed by atoms with van der Waals surface area (Å²) in [6, 6.07) is 15.0. The Hall–Kier alpha value is -2.96. The Morgan fingerprint density at radius 2 is 1.90 bits per heavy atom. The standard InChI is InChI=1S/C23H20ClN3O2S/c1-14-4-3-5-18-15(2)12-21(29)27(22(14)18)11-10-20(28)26-23-25-19(13-30-23)16-6-8-17(24)9-7-16/h3-9,12-13H,10-11H2,1-2H3,(H,25,26,28). The van der Waals surface area contributed by atoms with Gasteiger partial charge in [0.05, 0.1) is 11.2 Å². The van der Waals surface area contributed by atoms with E-state index in [1.807, 2.05) is 49.6 Å². The van der Waals surface area contributed by atoms with E-state index < -0.39 is 0 Å². The Morgan fingerprint density at radius 3 is 2.67 bits per heavy atom. The summed E-state index contributed by atoms with van der Waals surface area (Å²) in [5.41, 5.74) is 4.46. The molecule has 2 heterocycles. The summed E-state index contributed by atoms with van der Waals surface area (Å²) in [6.07, 6.45) is 0.183. The molecule has 0 bridgehead atoms. The second-order valence-corrected chi connectivity index (χ2v) is 8.43. The van der Waals surface area contributed by atoms with Crippen LogP contribution < -0.4 is 10.9 Å². The normalized spacial score (nSPS) is 11.0. The van der Waals surface area contributed by atoms with Crippen LogP contribution in [0.3, 0.4) is 0 Å². The van der Waals surface area contributed by atoms with Gasteiger partial charge in [0.15, 0.2) is 5.13 Å². The van der Waals surface area contributed by atoms with Crippen molar-refractivity contribution >= 4 is 44.9 Å². The number of anilines is 1. The van der Waals surface area contributed by atoms with Crippen molar-refractivity contribution in [3.05, 3.63) is 80.4 Å². The van der Waals surface area contributed by atoms with Gasteiger partial charge in [-0.3, -0.25) is 9.59 Å². The van der Waals surface area contributed by atoms with Gasteiger partial charge in [-0.1, -0.05) is 41.9 Å². The summed E-state index contributed by atoms with van der Waals surface area (Å²) in [4.78, 5) is 29.5. The number of thiazole rings is 1. The molecule has 0 atom stereocenters. The van der Waals surface area contributed by atoms with Gasteiger partial charge in [0.25, 0.3) is 5.56 Å². The highest BCUT2D eigenvalue weighted by atomic mass is 35.5. The van der Waals surface area contributed by atoms with Crippen LogP contribution in [0.15, 0.2) is 58.7 Å². The molecule has 0 fully saturated rings. The fourth-order valence-electron chi connectivity index (χ4n) is 3.49. The minimum Gasteiger partial charge on any atom is -0.307 e. The predicted molar refractivity (Wildman–Crippen MR) is 123 cm³/mol. The average Bonchev–Trinajstić information content (AvgIpc) is 3.17. The number of fused-ring (bicyclic) bond motifs is 1. The minimum atomic E-state index is -0.179. The number of nitrogens with zero attached hydrogens (tertiary/aromatic N) is 2. The van der Waals surface area contributed by atoms with Gasteiger partial charge in [-0.05, 0) is 37.1 Å². The van der Waals surface area contributed by atoms with Gasteiger partial charge < -0.3 is 9.88 Å². The Morgan fingerprint density at radius 1 is 1.13 bits per heavy atom. The monoisotopic (exact) mass is 437 g/mol. The largest absolute Gasteiger partial charge is 0.307 e. The topological polar surface area (TPSA) is 64.0 Å². The van der Waals surface area contributed by atoms with Gasteiger partial charge in [-0.2, -0.15) is 0 Å². The number of para-hydroxylation sites is 1. The third-order valence-corrected chi connectivity index (χ3v) is 6.00. The van der Waals surface area contributed by atoms with Crippen molar-refractivity contribution in [2.24, 2.45) is 0 Å². The van der Waals surface area contributed by atoms with Crippen LogP contribution in [-0.2, 0) is 11.3 Å². The average molecular weight is 438 g/mol. The second-order valence-electron chi connectivity index (χ2n) is 7.13. The Bertz CT molecular complexity index is 1290. The molecule has 1 amide bonds. The molecule has 0 aliphatic heterocycles. The van der Waals surface area contributed by atoms with E-state index in [9.17, 15) is 9.59 Å². The van der Waals surface area contributed by atoms with Gasteiger partial charge in [-0.15, -0.1) is 11.3 Å². The van der Waals surface area contributed by atoms with Crippen LogP contribution in [0.25, 0.3) is 22.2 Å². The summed E-state index contributed by atoms with van der Waals surface area (Å²) < 4.78 is 1.68. The molecular formula is C23H20ClN3O2S. The van der Waals surface area contributed by atoms with Gasteiger partial charge in [0, 0.05) is 40.4 Å². The SMILES string of the molecule is Cc1cc(=O)n(CCC(=O)Nc2nc(-c3ccc(Cl)cc3)cs2)c2c(C)cccc12. The molecule has 1 N–H and O–H groups in total. The van der Waals surface area contributed by atoms with Crippen LogP contribution in [0.4, 0.5) is 5.13 Å². The number of amides is 1. The molecule has 0 aliphatic rings. The van der Waals surface area contributed by atoms with E-state index in [1.165, 1.54) is 11.3 Å². The summed E-state index contributed by atoms with van der Waals surface area (Å²) in [5.74, 6) is -0.179. The second kappa shape index (κ2) is 8.42. The van der Waals surface area contributed by atoms with Gasteiger partial charge in [0.2, 0.25) is 5.91 Å². The van der Waals surface area contributed by atoms with E-state index in [1.54, 1.807) is 22.8 Å². The molecule has 4 rings (SSSR count). The number of aromatic nitrogens is 2. The number of halogens is 1. The lowest BCUT2D eigenvalue weighted by Crippen LogP contribution is -2.24. The van der Waals surface area contributed by atoms with Crippen molar-refractivity contribution in [3.8, 4) is 11.3 Å². The number of hydrogen-bond donors (Lipinski definition) is 1. The number of carbonyl (C=O) groups is 1. The molecular weight excluding hydrogens is 418 g/mol. The fraction of sp³-hybridized carbons (Fsp3) is 0.174. The molecule has 152 valence electrons. The molecule has 0 unspecified atom stereocenters. The first-order chi connectivity index (χ1) is 14.4. The van der Waals surface area contributed by atoms with E-state index >= 15 is 0 Å². The third-order valence-electron chi connectivity index (χ3n) is 4.99. The summed E-state index contributed by atoms with van der Waals surface area (Å²) in [5, 5.41) is 6.95. The Kier molecular flexibility index (Phi) is 5.70. The molecule has 2 aromatic carbocycles. The zero-order valence-corrected chi connectivity index (χ0v) is 18.2. The molecule has 0 radical (unpaired) electrons. The first-order valence-electron chi connectivity index (χ1n) is 9.53. The predicted octanol–water partition coefficient (Wildman–Crippen LogP) is 5.42. The molecule has 30 heavy (non-hydrogen) atoms. The number of rotatable bonds is 5. The van der Waals surface area contributed by atoms with E-state index in [4.69, 9.17) is 11.6 Å². The van der Waals surface area contributed by atoms with Crippen LogP contribution in [0.5, 0.6) is 0 Å². The van der Waals surface area contributed by atoms with E-state index in [2.05, 4.69) is 10.3 Å². The fourth-order valence-corrected chi connectivity index (χ4v) is 4.35. The maximum Gasteiger partial charge on any atom is 0.251 e. The highest BCUT2D eigenvalue weighted by Crippen LogP contribution is 2.26. The van der Waals surface area contributed by atoms with Crippen LogP contribution in [-0.4, -0.2) is 15.5 Å². The Balaban J connectivity index is 1.49. The molecule has 0 spiro atoms. The van der Waals surface area contributed by atoms with Crippen molar-refractivity contribution in [3.63, 3.8) is 0 Å². The smallest absolute Gasteiger partial charge is 0.251 e. The molecule has 5 nitrogen and oxygen atoms in total. The molecule has 7 heteroatoms. The maximum absolute atomic E-state index is 12.6. The number of benzene rings is 2. The van der Waals surface area contributed by atoms with Gasteiger partial charge in [-0.25, -0.2) is 4.98 Å². The van der Waals surface area contributed by atoms with E-state index in [0.717, 1.165) is 33.3 Å². The van der Waals surface area contributed by atoms with Gasteiger partial charge in [0.1, 0.15) is 0 Å². The number of nitrogens with one attached hydrogen (secondary N) is 1. The summed E-state index contributed by atoms with van der Waals surface area (Å²) in [6.45, 7) is 4.22. The van der Waals surface area contributed by atoms with Gasteiger partial charge >= 0.3 is 0 Å².